The van der Waals surface area contributed by atoms with E-state index >= 15 is 0 Å². The van der Waals surface area contributed by atoms with Crippen LogP contribution in [0.5, 0.6) is 0 Å². The third-order valence-corrected chi connectivity index (χ3v) is 1.30. The van der Waals surface area contributed by atoms with E-state index in [0.29, 0.717) is 0 Å². The molecule has 0 heterocycles. The van der Waals surface area contributed by atoms with Gasteiger partial charge in [0, 0.05) is 11.4 Å². The van der Waals surface area contributed by atoms with Crippen LogP contribution in [0, 0.1) is 6.92 Å². The van der Waals surface area contributed by atoms with Crippen LogP contribution in [0.2, 0.25) is 0 Å². The van der Waals surface area contributed by atoms with Crippen LogP contribution in [-0.4, -0.2) is 0 Å². The van der Waals surface area contributed by atoms with Gasteiger partial charge in [0.25, 0.3) is 0 Å². The van der Waals surface area contributed by atoms with Crippen LogP contribution in [0.25, 0.3) is 0 Å². The lowest BCUT2D eigenvalue weighted by atomic mass is 10.2. The number of nitrogens with two attached hydrogens (primary N) is 2. The predicted molar refractivity (Wildman–Crippen MR) is 51.4 cm³/mol. The first-order chi connectivity index (χ1) is 5.20. The number of hydrogen-bond acceptors (Lipinski definition) is 2. The Hall–Kier alpha value is -1.18. The molecule has 0 aromatic heterocycles. The molecule has 0 radical (unpaired) electrons. The lowest BCUT2D eigenvalue weighted by molar-refractivity contribution is 1.47. The molecule has 11 heavy (non-hydrogen) atoms. The molecule has 0 amide bonds. The molecule has 2 nitrogen and oxygen atoms in total. The number of hydrogen-bond donors (Lipinski definition) is 2. The van der Waals surface area contributed by atoms with Gasteiger partial charge in [0.1, 0.15) is 0 Å². The molecule has 0 saturated heterocycles. The molecule has 1 aromatic carbocycles. The van der Waals surface area contributed by atoms with Gasteiger partial charge in [-0.25, -0.2) is 0 Å². The highest BCUT2D eigenvalue weighted by atomic mass is 14.6. The van der Waals surface area contributed by atoms with Crippen molar-refractivity contribution in [1.82, 2.24) is 0 Å². The summed E-state index contributed by atoms with van der Waals surface area (Å²) in [6, 6.07) is 5.51. The Morgan fingerprint density at radius 2 is 1.64 bits per heavy atom. The van der Waals surface area contributed by atoms with E-state index in [1.807, 2.05) is 32.9 Å². The largest absolute Gasteiger partial charge is 0.399 e. The molecule has 4 N–H and O–H groups in total. The Bertz CT molecular complexity index is 219. The summed E-state index contributed by atoms with van der Waals surface area (Å²) < 4.78 is 0. The predicted octanol–water partition coefficient (Wildman–Crippen LogP) is 2.19. The molecule has 0 spiro atoms. The SMILES string of the molecule is CC.Cc1ccc(N)cc1N. The normalized spacial score (nSPS) is 8.27. The second-order valence-electron chi connectivity index (χ2n) is 2.12. The molecule has 62 valence electrons. The number of benzene rings is 1. The zero-order chi connectivity index (χ0) is 8.85. The van der Waals surface area contributed by atoms with Crippen LogP contribution >= 0.6 is 0 Å². The number of rotatable bonds is 0. The van der Waals surface area contributed by atoms with Crippen LogP contribution < -0.4 is 11.5 Å². The van der Waals surface area contributed by atoms with Gasteiger partial charge < -0.3 is 11.5 Å². The van der Waals surface area contributed by atoms with Crippen molar-refractivity contribution < 1.29 is 0 Å². The van der Waals surface area contributed by atoms with Crippen molar-refractivity contribution in [2.75, 3.05) is 11.5 Å². The first-order valence-electron chi connectivity index (χ1n) is 3.82. The summed E-state index contributed by atoms with van der Waals surface area (Å²) in [5.41, 5.74) is 13.5. The molecule has 0 fully saturated rings. The minimum atomic E-state index is 0.720. The molecular weight excluding hydrogens is 136 g/mol. The third kappa shape index (κ3) is 2.94. The van der Waals surface area contributed by atoms with Crippen molar-refractivity contribution >= 4 is 11.4 Å². The van der Waals surface area contributed by atoms with E-state index in [1.165, 1.54) is 0 Å². The summed E-state index contributed by atoms with van der Waals surface area (Å²) >= 11 is 0. The van der Waals surface area contributed by atoms with E-state index in [4.69, 9.17) is 11.5 Å². The Morgan fingerprint density at radius 3 is 2.00 bits per heavy atom. The van der Waals surface area contributed by atoms with Gasteiger partial charge in [0.05, 0.1) is 0 Å². The van der Waals surface area contributed by atoms with Gasteiger partial charge in [-0.1, -0.05) is 19.9 Å². The Balaban J connectivity index is 0.000000461. The highest BCUT2D eigenvalue weighted by Crippen LogP contribution is 2.13. The van der Waals surface area contributed by atoms with Gasteiger partial charge >= 0.3 is 0 Å². The average molecular weight is 152 g/mol. The van der Waals surface area contributed by atoms with Gasteiger partial charge in [-0.2, -0.15) is 0 Å². The van der Waals surface area contributed by atoms with Crippen LogP contribution in [0.15, 0.2) is 18.2 Å². The topological polar surface area (TPSA) is 52.0 Å². The fraction of sp³-hybridized carbons (Fsp3) is 0.333. The van der Waals surface area contributed by atoms with Gasteiger partial charge in [-0.3, -0.25) is 0 Å². The molecule has 2 heteroatoms. The van der Waals surface area contributed by atoms with E-state index in [2.05, 4.69) is 0 Å². The summed E-state index contributed by atoms with van der Waals surface area (Å²) in [4.78, 5) is 0. The van der Waals surface area contributed by atoms with Crippen LogP contribution in [-0.2, 0) is 0 Å². The van der Waals surface area contributed by atoms with Crippen LogP contribution in [0.4, 0.5) is 11.4 Å². The molecular formula is C9H16N2. The Kier molecular flexibility index (Phi) is 4.11. The van der Waals surface area contributed by atoms with E-state index in [0.717, 1.165) is 16.9 Å². The van der Waals surface area contributed by atoms with Crippen molar-refractivity contribution in [2.24, 2.45) is 0 Å². The lowest BCUT2D eigenvalue weighted by Gasteiger charge is -1.98. The van der Waals surface area contributed by atoms with Gasteiger partial charge in [-0.15, -0.1) is 0 Å². The van der Waals surface area contributed by atoms with Crippen molar-refractivity contribution in [3.8, 4) is 0 Å². The Labute approximate surface area is 68.2 Å². The van der Waals surface area contributed by atoms with E-state index in [1.54, 1.807) is 6.07 Å². The van der Waals surface area contributed by atoms with Crippen molar-refractivity contribution in [1.29, 1.82) is 0 Å². The molecule has 0 aliphatic heterocycles. The molecule has 0 atom stereocenters. The first-order valence-corrected chi connectivity index (χ1v) is 3.82. The summed E-state index contributed by atoms with van der Waals surface area (Å²) in [6.07, 6.45) is 0. The van der Waals surface area contributed by atoms with E-state index in [-0.39, 0.29) is 0 Å². The second kappa shape index (κ2) is 4.61. The van der Waals surface area contributed by atoms with Crippen LogP contribution in [0.3, 0.4) is 0 Å². The summed E-state index contributed by atoms with van der Waals surface area (Å²) in [5, 5.41) is 0. The summed E-state index contributed by atoms with van der Waals surface area (Å²) in [5.74, 6) is 0. The number of anilines is 2. The zero-order valence-electron chi connectivity index (χ0n) is 7.39. The molecule has 1 aromatic rings. The van der Waals surface area contributed by atoms with Gasteiger partial charge in [0.15, 0.2) is 0 Å². The average Bonchev–Trinajstić information content (AvgIpc) is 2.02. The third-order valence-electron chi connectivity index (χ3n) is 1.30. The maximum absolute atomic E-state index is 5.54. The van der Waals surface area contributed by atoms with Crippen molar-refractivity contribution in [3.05, 3.63) is 23.8 Å². The fourth-order valence-corrected chi connectivity index (χ4v) is 0.659. The highest BCUT2D eigenvalue weighted by Gasteiger charge is 1.90. The molecule has 0 aliphatic rings. The van der Waals surface area contributed by atoms with Gasteiger partial charge in [0.2, 0.25) is 0 Å². The number of nitrogen functional groups attached to an aromatic ring is 2. The maximum Gasteiger partial charge on any atom is 0.0364 e. The monoisotopic (exact) mass is 152 g/mol. The molecule has 1 rings (SSSR count). The molecule has 0 saturated carbocycles. The van der Waals surface area contributed by atoms with Crippen LogP contribution in [0.1, 0.15) is 19.4 Å². The quantitative estimate of drug-likeness (QED) is 0.560. The number of aryl methyl sites for hydroxylation is 1. The van der Waals surface area contributed by atoms with Crippen molar-refractivity contribution in [2.45, 2.75) is 20.8 Å². The molecule has 0 aliphatic carbocycles. The molecule has 0 unspecified atom stereocenters. The Morgan fingerprint density at radius 1 is 1.09 bits per heavy atom. The first kappa shape index (κ1) is 9.82. The maximum atomic E-state index is 5.54. The minimum absolute atomic E-state index is 0.720. The summed E-state index contributed by atoms with van der Waals surface area (Å²) in [7, 11) is 0. The second-order valence-corrected chi connectivity index (χ2v) is 2.12. The zero-order valence-corrected chi connectivity index (χ0v) is 7.39. The standard InChI is InChI=1S/C7H10N2.C2H6/c1-5-2-3-6(8)4-7(5)9;1-2/h2-4H,8-9H2,1H3;1-2H3. The van der Waals surface area contributed by atoms with Crippen molar-refractivity contribution in [3.63, 3.8) is 0 Å². The van der Waals surface area contributed by atoms with E-state index in [9.17, 15) is 0 Å². The smallest absolute Gasteiger partial charge is 0.0364 e. The van der Waals surface area contributed by atoms with E-state index < -0.39 is 0 Å². The van der Waals surface area contributed by atoms with Gasteiger partial charge in [-0.05, 0) is 24.6 Å². The fourth-order valence-electron chi connectivity index (χ4n) is 0.659. The lowest BCUT2D eigenvalue weighted by Crippen LogP contribution is -1.91. The molecule has 0 bridgehead atoms. The highest BCUT2D eigenvalue weighted by molar-refractivity contribution is 5.55. The summed E-state index contributed by atoms with van der Waals surface area (Å²) in [6.45, 7) is 5.95. The minimum Gasteiger partial charge on any atom is -0.399 e.